The van der Waals surface area contributed by atoms with Crippen LogP contribution in [-0.2, 0) is 9.53 Å². The summed E-state index contributed by atoms with van der Waals surface area (Å²) >= 11 is 0. The van der Waals surface area contributed by atoms with Crippen LogP contribution in [0.4, 0.5) is 0 Å². The molecule has 0 bridgehead atoms. The highest BCUT2D eigenvalue weighted by molar-refractivity contribution is 5.71. The molecule has 0 aliphatic rings. The molecule has 1 atom stereocenters. The van der Waals surface area contributed by atoms with Gasteiger partial charge < -0.3 is 9.47 Å². The Hall–Kier alpha value is -1.51. The number of rotatable bonds is 5. The van der Waals surface area contributed by atoms with Gasteiger partial charge >= 0.3 is 5.97 Å². The minimum atomic E-state index is -0.503. The fourth-order valence-electron chi connectivity index (χ4n) is 1.11. The van der Waals surface area contributed by atoms with Crippen LogP contribution in [0.5, 0.6) is 5.75 Å². The van der Waals surface area contributed by atoms with Crippen molar-refractivity contribution in [1.29, 1.82) is 0 Å². The zero-order chi connectivity index (χ0) is 12.0. The minimum absolute atomic E-state index is 0.131. The van der Waals surface area contributed by atoms with Gasteiger partial charge in [0, 0.05) is 6.42 Å². The largest absolute Gasteiger partial charge is 0.455 e. The SMILES string of the molecule is CCC(OC(=O)C(C)C)Oc1ccccc1. The van der Waals surface area contributed by atoms with E-state index in [1.807, 2.05) is 37.3 Å². The zero-order valence-electron chi connectivity index (χ0n) is 9.97. The number of benzene rings is 1. The Bertz CT molecular complexity index is 319. The van der Waals surface area contributed by atoms with Crippen molar-refractivity contribution >= 4 is 5.97 Å². The topological polar surface area (TPSA) is 35.5 Å². The third kappa shape index (κ3) is 3.93. The summed E-state index contributed by atoms with van der Waals surface area (Å²) in [5, 5.41) is 0. The molecule has 0 aliphatic heterocycles. The number of esters is 1. The van der Waals surface area contributed by atoms with Crippen LogP contribution in [0.15, 0.2) is 30.3 Å². The molecule has 0 amide bonds. The molecule has 1 unspecified atom stereocenters. The van der Waals surface area contributed by atoms with Crippen molar-refractivity contribution in [2.75, 3.05) is 0 Å². The van der Waals surface area contributed by atoms with Crippen molar-refractivity contribution in [1.82, 2.24) is 0 Å². The minimum Gasteiger partial charge on any atom is -0.455 e. The first-order valence-corrected chi connectivity index (χ1v) is 5.55. The third-order valence-corrected chi connectivity index (χ3v) is 2.06. The monoisotopic (exact) mass is 222 g/mol. The van der Waals surface area contributed by atoms with Crippen LogP contribution >= 0.6 is 0 Å². The summed E-state index contributed by atoms with van der Waals surface area (Å²) in [6, 6.07) is 9.35. The number of carbonyl (C=O) groups excluding carboxylic acids is 1. The Morgan fingerprint density at radius 1 is 1.25 bits per heavy atom. The van der Waals surface area contributed by atoms with Crippen LogP contribution < -0.4 is 4.74 Å². The maximum absolute atomic E-state index is 11.4. The van der Waals surface area contributed by atoms with Gasteiger partial charge in [0.15, 0.2) is 0 Å². The Morgan fingerprint density at radius 3 is 2.38 bits per heavy atom. The Kier molecular flexibility index (Phi) is 4.83. The maximum atomic E-state index is 11.4. The number of hydrogen-bond donors (Lipinski definition) is 0. The number of para-hydroxylation sites is 1. The van der Waals surface area contributed by atoms with E-state index in [9.17, 15) is 4.79 Å². The number of carbonyl (C=O) groups is 1. The predicted molar refractivity (Wildman–Crippen MR) is 62.1 cm³/mol. The molecule has 3 nitrogen and oxygen atoms in total. The lowest BCUT2D eigenvalue weighted by molar-refractivity contribution is -0.167. The maximum Gasteiger partial charge on any atom is 0.311 e. The molecule has 1 rings (SSSR count). The molecular weight excluding hydrogens is 204 g/mol. The van der Waals surface area contributed by atoms with Crippen LogP contribution in [0, 0.1) is 5.92 Å². The second-order valence-electron chi connectivity index (χ2n) is 3.86. The first kappa shape index (κ1) is 12.6. The molecule has 0 N–H and O–H groups in total. The van der Waals surface area contributed by atoms with Gasteiger partial charge in [-0.15, -0.1) is 0 Å². The van der Waals surface area contributed by atoms with Crippen LogP contribution in [-0.4, -0.2) is 12.3 Å². The van der Waals surface area contributed by atoms with Gasteiger partial charge in [-0.05, 0) is 12.1 Å². The van der Waals surface area contributed by atoms with Crippen molar-refractivity contribution in [3.63, 3.8) is 0 Å². The van der Waals surface area contributed by atoms with E-state index < -0.39 is 6.29 Å². The summed E-state index contributed by atoms with van der Waals surface area (Å²) in [7, 11) is 0. The summed E-state index contributed by atoms with van der Waals surface area (Å²) in [5.41, 5.74) is 0. The molecule has 0 aliphatic carbocycles. The highest BCUT2D eigenvalue weighted by Crippen LogP contribution is 2.14. The van der Waals surface area contributed by atoms with Crippen LogP contribution in [0.3, 0.4) is 0 Å². The number of hydrogen-bond acceptors (Lipinski definition) is 3. The lowest BCUT2D eigenvalue weighted by Gasteiger charge is -2.18. The Labute approximate surface area is 96.4 Å². The highest BCUT2D eigenvalue weighted by Gasteiger charge is 2.16. The molecule has 16 heavy (non-hydrogen) atoms. The normalized spacial score (nSPS) is 12.2. The van der Waals surface area contributed by atoms with E-state index in [1.54, 1.807) is 13.8 Å². The van der Waals surface area contributed by atoms with Crippen molar-refractivity contribution in [3.05, 3.63) is 30.3 Å². The van der Waals surface area contributed by atoms with E-state index in [-0.39, 0.29) is 11.9 Å². The molecule has 3 heteroatoms. The van der Waals surface area contributed by atoms with Gasteiger partial charge in [-0.1, -0.05) is 39.0 Å². The number of ether oxygens (including phenoxy) is 2. The molecule has 0 fully saturated rings. The van der Waals surface area contributed by atoms with E-state index in [0.717, 1.165) is 0 Å². The van der Waals surface area contributed by atoms with Crippen LogP contribution in [0.1, 0.15) is 27.2 Å². The van der Waals surface area contributed by atoms with Crippen molar-refractivity contribution in [2.45, 2.75) is 33.5 Å². The second kappa shape index (κ2) is 6.16. The summed E-state index contributed by atoms with van der Waals surface area (Å²) in [6.45, 7) is 5.52. The first-order chi connectivity index (χ1) is 7.63. The average molecular weight is 222 g/mol. The summed E-state index contributed by atoms with van der Waals surface area (Å²) < 4.78 is 10.7. The van der Waals surface area contributed by atoms with Gasteiger partial charge in [0.25, 0.3) is 0 Å². The van der Waals surface area contributed by atoms with Gasteiger partial charge in [-0.3, -0.25) is 4.79 Å². The molecule has 0 radical (unpaired) electrons. The highest BCUT2D eigenvalue weighted by atomic mass is 16.7. The molecule has 0 saturated heterocycles. The summed E-state index contributed by atoms with van der Waals surface area (Å²) in [5.74, 6) is 0.349. The van der Waals surface area contributed by atoms with Gasteiger partial charge in [0.1, 0.15) is 5.75 Å². The van der Waals surface area contributed by atoms with Crippen molar-refractivity contribution in [2.24, 2.45) is 5.92 Å². The molecule has 88 valence electrons. The second-order valence-corrected chi connectivity index (χ2v) is 3.86. The third-order valence-electron chi connectivity index (χ3n) is 2.06. The quantitative estimate of drug-likeness (QED) is 0.567. The molecular formula is C13H18O3. The fourth-order valence-corrected chi connectivity index (χ4v) is 1.11. The molecule has 1 aromatic carbocycles. The standard InChI is InChI=1S/C13H18O3/c1-4-12(16-13(14)10(2)3)15-11-8-6-5-7-9-11/h5-10,12H,4H2,1-3H3. The molecule has 1 aromatic rings. The summed E-state index contributed by atoms with van der Waals surface area (Å²) in [6.07, 6.45) is 0.130. The lowest BCUT2D eigenvalue weighted by atomic mass is 10.2. The summed E-state index contributed by atoms with van der Waals surface area (Å²) in [4.78, 5) is 11.4. The zero-order valence-corrected chi connectivity index (χ0v) is 9.97. The Morgan fingerprint density at radius 2 is 1.88 bits per heavy atom. The fraction of sp³-hybridized carbons (Fsp3) is 0.462. The first-order valence-electron chi connectivity index (χ1n) is 5.55. The van der Waals surface area contributed by atoms with Crippen molar-refractivity contribution < 1.29 is 14.3 Å². The van der Waals surface area contributed by atoms with Crippen LogP contribution in [0.25, 0.3) is 0 Å². The predicted octanol–water partition coefficient (Wildman–Crippen LogP) is 3.00. The van der Waals surface area contributed by atoms with E-state index in [0.29, 0.717) is 12.2 Å². The molecule has 0 aromatic heterocycles. The smallest absolute Gasteiger partial charge is 0.311 e. The molecule has 0 saturated carbocycles. The van der Waals surface area contributed by atoms with Gasteiger partial charge in [0.2, 0.25) is 6.29 Å². The van der Waals surface area contributed by atoms with Gasteiger partial charge in [-0.25, -0.2) is 0 Å². The van der Waals surface area contributed by atoms with Crippen molar-refractivity contribution in [3.8, 4) is 5.75 Å². The van der Waals surface area contributed by atoms with E-state index in [2.05, 4.69) is 0 Å². The van der Waals surface area contributed by atoms with Crippen LogP contribution in [0.2, 0.25) is 0 Å². The molecule has 0 heterocycles. The van der Waals surface area contributed by atoms with E-state index in [1.165, 1.54) is 0 Å². The lowest BCUT2D eigenvalue weighted by Crippen LogP contribution is -2.25. The average Bonchev–Trinajstić information content (AvgIpc) is 2.29. The Balaban J connectivity index is 2.53. The van der Waals surface area contributed by atoms with E-state index >= 15 is 0 Å². The van der Waals surface area contributed by atoms with E-state index in [4.69, 9.17) is 9.47 Å². The molecule has 0 spiro atoms. The van der Waals surface area contributed by atoms with Gasteiger partial charge in [-0.2, -0.15) is 0 Å². The van der Waals surface area contributed by atoms with Gasteiger partial charge in [0.05, 0.1) is 5.92 Å².